The number of sulfonamides is 2. The van der Waals surface area contributed by atoms with Crippen molar-refractivity contribution in [3.05, 3.63) is 48.5 Å². The zero-order chi connectivity index (χ0) is 20.8. The largest absolute Gasteiger partial charge is 0.494 e. The van der Waals surface area contributed by atoms with Crippen molar-refractivity contribution in [1.82, 2.24) is 4.31 Å². The van der Waals surface area contributed by atoms with E-state index < -0.39 is 20.0 Å². The number of ether oxygens (including phenoxy) is 2. The van der Waals surface area contributed by atoms with Gasteiger partial charge < -0.3 is 9.47 Å². The lowest BCUT2D eigenvalue weighted by Crippen LogP contribution is -2.27. The summed E-state index contributed by atoms with van der Waals surface area (Å²) in [6.07, 6.45) is -0.0205. The third-order valence-corrected chi connectivity index (χ3v) is 7.06. The molecule has 0 bridgehead atoms. The second-order valence-corrected chi connectivity index (χ2v) is 10.3. The van der Waals surface area contributed by atoms with E-state index in [9.17, 15) is 16.8 Å². The van der Waals surface area contributed by atoms with E-state index in [1.165, 1.54) is 27.3 Å². The van der Waals surface area contributed by atoms with Gasteiger partial charge >= 0.3 is 0 Å². The fraction of sp³-hybridized carbons (Fsp3) is 0.333. The second kappa shape index (κ2) is 9.26. The van der Waals surface area contributed by atoms with Crippen LogP contribution in [0, 0.1) is 0 Å². The van der Waals surface area contributed by atoms with Gasteiger partial charge in [0, 0.05) is 20.2 Å². The zero-order valence-electron chi connectivity index (χ0n) is 16.0. The molecular weight excluding hydrogens is 404 g/mol. The Hall–Kier alpha value is -2.30. The number of hydrogen-bond donors (Lipinski definition) is 1. The minimum absolute atomic E-state index is 0.0205. The Morgan fingerprint density at radius 1 is 0.929 bits per heavy atom. The van der Waals surface area contributed by atoms with Crippen molar-refractivity contribution in [2.45, 2.75) is 6.42 Å². The highest BCUT2D eigenvalue weighted by Gasteiger charge is 2.18. The predicted molar refractivity (Wildman–Crippen MR) is 109 cm³/mol. The van der Waals surface area contributed by atoms with Gasteiger partial charge in [-0.25, -0.2) is 21.1 Å². The van der Waals surface area contributed by atoms with Gasteiger partial charge in [0.1, 0.15) is 17.2 Å². The Morgan fingerprint density at radius 3 is 2.21 bits per heavy atom. The quantitative estimate of drug-likeness (QED) is 0.624. The molecule has 2 aromatic carbocycles. The Balaban J connectivity index is 2.06. The van der Waals surface area contributed by atoms with Crippen molar-refractivity contribution in [2.75, 3.05) is 37.4 Å². The van der Waals surface area contributed by atoms with Crippen LogP contribution in [-0.4, -0.2) is 53.9 Å². The Morgan fingerprint density at radius 2 is 1.61 bits per heavy atom. The first-order valence-electron chi connectivity index (χ1n) is 8.44. The van der Waals surface area contributed by atoms with Gasteiger partial charge in [-0.05, 0) is 30.7 Å². The molecule has 28 heavy (non-hydrogen) atoms. The topological polar surface area (TPSA) is 102 Å². The third kappa shape index (κ3) is 6.39. The van der Waals surface area contributed by atoms with E-state index in [4.69, 9.17) is 9.47 Å². The molecule has 1 N–H and O–H groups in total. The van der Waals surface area contributed by atoms with Gasteiger partial charge in [0.25, 0.3) is 0 Å². The van der Waals surface area contributed by atoms with E-state index in [2.05, 4.69) is 4.72 Å². The summed E-state index contributed by atoms with van der Waals surface area (Å²) in [4.78, 5) is 0. The fourth-order valence-corrected chi connectivity index (χ4v) is 4.46. The van der Waals surface area contributed by atoms with Gasteiger partial charge in [-0.3, -0.25) is 4.72 Å². The monoisotopic (exact) mass is 428 g/mol. The molecule has 0 aliphatic carbocycles. The second-order valence-electron chi connectivity index (χ2n) is 6.15. The van der Waals surface area contributed by atoms with Crippen molar-refractivity contribution in [3.8, 4) is 17.2 Å². The van der Waals surface area contributed by atoms with Gasteiger partial charge in [-0.15, -0.1) is 0 Å². The molecule has 0 saturated heterocycles. The average Bonchev–Trinajstić information content (AvgIpc) is 2.63. The lowest BCUT2D eigenvalue weighted by molar-refractivity contribution is 0.411. The van der Waals surface area contributed by atoms with Crippen molar-refractivity contribution in [3.63, 3.8) is 0 Å². The summed E-state index contributed by atoms with van der Waals surface area (Å²) in [6.45, 7) is 0. The lowest BCUT2D eigenvalue weighted by Gasteiger charge is -2.14. The van der Waals surface area contributed by atoms with Gasteiger partial charge in [0.15, 0.2) is 0 Å². The third-order valence-electron chi connectivity index (χ3n) is 3.79. The van der Waals surface area contributed by atoms with Crippen molar-refractivity contribution < 1.29 is 26.3 Å². The first-order valence-corrected chi connectivity index (χ1v) is 11.7. The van der Waals surface area contributed by atoms with Crippen LogP contribution < -0.4 is 14.2 Å². The molecule has 0 heterocycles. The number of benzene rings is 2. The van der Waals surface area contributed by atoms with E-state index in [1.54, 1.807) is 24.3 Å². The van der Waals surface area contributed by atoms with Gasteiger partial charge in [0.05, 0.1) is 24.3 Å². The summed E-state index contributed by atoms with van der Waals surface area (Å²) < 4.78 is 62.5. The summed E-state index contributed by atoms with van der Waals surface area (Å²) in [5.74, 6) is 0.842. The average molecular weight is 429 g/mol. The van der Waals surface area contributed by atoms with Crippen LogP contribution in [0.2, 0.25) is 0 Å². The Bertz CT molecular complexity index is 990. The van der Waals surface area contributed by atoms with Crippen LogP contribution in [-0.2, 0) is 20.0 Å². The van der Waals surface area contributed by atoms with E-state index in [0.29, 0.717) is 11.5 Å². The normalized spacial score (nSPS) is 12.0. The molecule has 0 fully saturated rings. The van der Waals surface area contributed by atoms with Crippen LogP contribution in [0.25, 0.3) is 0 Å². The summed E-state index contributed by atoms with van der Waals surface area (Å²) in [7, 11) is -2.95. The molecule has 154 valence electrons. The highest BCUT2D eigenvalue weighted by molar-refractivity contribution is 7.92. The van der Waals surface area contributed by atoms with Crippen LogP contribution in [0.3, 0.4) is 0 Å². The standard InChI is InChI=1S/C18H24N2O6S2/c1-20(2)28(23,24)13-7-12-27(21,22)19-17-11-10-16(14-18(17)25-3)26-15-8-5-4-6-9-15/h4-6,8-11,14,19H,7,12-13H2,1-3H3. The van der Waals surface area contributed by atoms with Crippen molar-refractivity contribution >= 4 is 25.7 Å². The molecule has 0 amide bonds. The van der Waals surface area contributed by atoms with Crippen molar-refractivity contribution in [2.24, 2.45) is 0 Å². The van der Waals surface area contributed by atoms with Crippen LogP contribution in [0.15, 0.2) is 48.5 Å². The molecule has 10 heteroatoms. The minimum atomic E-state index is -3.74. The number of anilines is 1. The molecular formula is C18H24N2O6S2. The molecule has 0 aromatic heterocycles. The molecule has 0 aliphatic heterocycles. The number of nitrogens with zero attached hydrogens (tertiary/aromatic N) is 1. The van der Waals surface area contributed by atoms with Crippen LogP contribution >= 0.6 is 0 Å². The van der Waals surface area contributed by atoms with Crippen LogP contribution in [0.1, 0.15) is 6.42 Å². The number of nitrogens with one attached hydrogen (secondary N) is 1. The van der Waals surface area contributed by atoms with Crippen molar-refractivity contribution in [1.29, 1.82) is 0 Å². The minimum Gasteiger partial charge on any atom is -0.494 e. The van der Waals surface area contributed by atoms with Crippen LogP contribution in [0.5, 0.6) is 17.2 Å². The maximum absolute atomic E-state index is 12.3. The van der Waals surface area contributed by atoms with E-state index >= 15 is 0 Å². The smallest absolute Gasteiger partial charge is 0.232 e. The number of rotatable bonds is 10. The van der Waals surface area contributed by atoms with E-state index in [1.807, 2.05) is 18.2 Å². The first-order chi connectivity index (χ1) is 13.1. The summed E-state index contributed by atoms with van der Waals surface area (Å²) in [5, 5.41) is 0. The predicted octanol–water partition coefficient (Wildman–Crippen LogP) is 2.51. The van der Waals surface area contributed by atoms with Gasteiger partial charge in [-0.1, -0.05) is 18.2 Å². The maximum atomic E-state index is 12.3. The van der Waals surface area contributed by atoms with Gasteiger partial charge in [0.2, 0.25) is 20.0 Å². The first kappa shape index (κ1) is 22.0. The van der Waals surface area contributed by atoms with Crippen LogP contribution in [0.4, 0.5) is 5.69 Å². The Kier molecular flexibility index (Phi) is 7.28. The molecule has 8 nitrogen and oxygen atoms in total. The molecule has 0 unspecified atom stereocenters. The molecule has 0 saturated carbocycles. The van der Waals surface area contributed by atoms with Gasteiger partial charge in [-0.2, -0.15) is 0 Å². The molecule has 0 spiro atoms. The Labute approximate surface area is 166 Å². The molecule has 0 aliphatic rings. The highest BCUT2D eigenvalue weighted by atomic mass is 32.2. The van der Waals surface area contributed by atoms with E-state index in [-0.39, 0.29) is 29.4 Å². The molecule has 2 aromatic rings. The number of para-hydroxylation sites is 1. The number of hydrogen-bond acceptors (Lipinski definition) is 6. The van der Waals surface area contributed by atoms with E-state index in [0.717, 1.165) is 4.31 Å². The SMILES string of the molecule is COc1cc(Oc2ccccc2)ccc1NS(=O)(=O)CCCS(=O)(=O)N(C)C. The highest BCUT2D eigenvalue weighted by Crippen LogP contribution is 2.32. The number of methoxy groups -OCH3 is 1. The fourth-order valence-electron chi connectivity index (χ4n) is 2.28. The zero-order valence-corrected chi connectivity index (χ0v) is 17.6. The molecule has 0 atom stereocenters. The molecule has 2 rings (SSSR count). The summed E-state index contributed by atoms with van der Waals surface area (Å²) in [5.41, 5.74) is 0.248. The molecule has 0 radical (unpaired) electrons. The summed E-state index contributed by atoms with van der Waals surface area (Å²) >= 11 is 0. The maximum Gasteiger partial charge on any atom is 0.232 e. The lowest BCUT2D eigenvalue weighted by atomic mass is 10.3. The summed E-state index contributed by atoms with van der Waals surface area (Å²) in [6, 6.07) is 13.9.